The third kappa shape index (κ3) is 3.21. The SMILES string of the molecule is CC(CNC(=O)C1(CN)CCOCC1)N1CCc2ccccc21. The van der Waals surface area contributed by atoms with E-state index in [0.717, 1.165) is 25.8 Å². The zero-order chi connectivity index (χ0) is 16.3. The van der Waals surface area contributed by atoms with E-state index in [2.05, 4.69) is 41.4 Å². The van der Waals surface area contributed by atoms with Gasteiger partial charge in [0, 0.05) is 44.6 Å². The first kappa shape index (κ1) is 16.3. The van der Waals surface area contributed by atoms with Crippen molar-refractivity contribution in [1.82, 2.24) is 5.32 Å². The Hall–Kier alpha value is -1.59. The number of para-hydroxylation sites is 1. The first-order valence-electron chi connectivity index (χ1n) is 8.57. The Morgan fingerprint density at radius 1 is 1.39 bits per heavy atom. The number of fused-ring (bicyclic) bond motifs is 1. The van der Waals surface area contributed by atoms with Crippen LogP contribution in [0.25, 0.3) is 0 Å². The van der Waals surface area contributed by atoms with Crippen molar-refractivity contribution < 1.29 is 9.53 Å². The van der Waals surface area contributed by atoms with E-state index in [1.807, 2.05) is 0 Å². The average molecular weight is 317 g/mol. The molecule has 1 amide bonds. The van der Waals surface area contributed by atoms with Crippen LogP contribution < -0.4 is 16.0 Å². The first-order chi connectivity index (χ1) is 11.2. The van der Waals surface area contributed by atoms with Gasteiger partial charge in [-0.15, -0.1) is 0 Å². The molecule has 0 bridgehead atoms. The highest BCUT2D eigenvalue weighted by molar-refractivity contribution is 5.83. The van der Waals surface area contributed by atoms with Gasteiger partial charge < -0.3 is 20.7 Å². The van der Waals surface area contributed by atoms with Crippen molar-refractivity contribution in [2.24, 2.45) is 11.1 Å². The van der Waals surface area contributed by atoms with E-state index in [9.17, 15) is 4.79 Å². The number of nitrogens with two attached hydrogens (primary N) is 1. The lowest BCUT2D eigenvalue weighted by Gasteiger charge is -2.35. The normalized spacial score (nSPS) is 20.9. The van der Waals surface area contributed by atoms with Gasteiger partial charge in [-0.2, -0.15) is 0 Å². The number of amides is 1. The van der Waals surface area contributed by atoms with Gasteiger partial charge in [-0.25, -0.2) is 0 Å². The monoisotopic (exact) mass is 317 g/mol. The van der Waals surface area contributed by atoms with E-state index in [1.54, 1.807) is 0 Å². The molecule has 2 aliphatic rings. The molecule has 23 heavy (non-hydrogen) atoms. The molecule has 5 nitrogen and oxygen atoms in total. The highest BCUT2D eigenvalue weighted by Gasteiger charge is 2.38. The molecular formula is C18H27N3O2. The molecule has 0 radical (unpaired) electrons. The smallest absolute Gasteiger partial charge is 0.227 e. The zero-order valence-corrected chi connectivity index (χ0v) is 13.9. The molecule has 1 saturated heterocycles. The minimum atomic E-state index is -0.444. The van der Waals surface area contributed by atoms with E-state index in [4.69, 9.17) is 10.5 Å². The summed E-state index contributed by atoms with van der Waals surface area (Å²) in [4.78, 5) is 15.0. The number of ether oxygens (including phenoxy) is 1. The van der Waals surface area contributed by atoms with Gasteiger partial charge in [0.05, 0.1) is 5.41 Å². The van der Waals surface area contributed by atoms with E-state index >= 15 is 0 Å². The number of hydrogen-bond donors (Lipinski definition) is 2. The van der Waals surface area contributed by atoms with Crippen LogP contribution in [0.4, 0.5) is 5.69 Å². The van der Waals surface area contributed by atoms with Crippen LogP contribution in [0.5, 0.6) is 0 Å². The first-order valence-corrected chi connectivity index (χ1v) is 8.57. The quantitative estimate of drug-likeness (QED) is 0.859. The van der Waals surface area contributed by atoms with E-state index in [-0.39, 0.29) is 11.9 Å². The standard InChI is InChI=1S/C18H27N3O2/c1-14(21-9-6-15-4-2-3-5-16(15)21)12-20-17(22)18(13-19)7-10-23-11-8-18/h2-5,14H,6-13,19H2,1H3,(H,20,22). The van der Waals surface area contributed by atoms with Crippen molar-refractivity contribution in [3.05, 3.63) is 29.8 Å². The van der Waals surface area contributed by atoms with Gasteiger partial charge in [0.1, 0.15) is 0 Å². The molecule has 0 saturated carbocycles. The predicted molar refractivity (Wildman–Crippen MR) is 91.5 cm³/mol. The molecule has 126 valence electrons. The maximum absolute atomic E-state index is 12.7. The molecule has 2 heterocycles. The molecule has 1 unspecified atom stereocenters. The molecule has 1 aromatic carbocycles. The van der Waals surface area contributed by atoms with Crippen molar-refractivity contribution in [2.45, 2.75) is 32.2 Å². The van der Waals surface area contributed by atoms with Crippen LogP contribution in [0.3, 0.4) is 0 Å². The van der Waals surface area contributed by atoms with Gasteiger partial charge >= 0.3 is 0 Å². The van der Waals surface area contributed by atoms with Crippen LogP contribution in [0.2, 0.25) is 0 Å². The summed E-state index contributed by atoms with van der Waals surface area (Å²) < 4.78 is 5.38. The Morgan fingerprint density at radius 2 is 2.13 bits per heavy atom. The Morgan fingerprint density at radius 3 is 2.87 bits per heavy atom. The lowest BCUT2D eigenvalue weighted by Crippen LogP contribution is -2.52. The third-order valence-corrected chi connectivity index (χ3v) is 5.34. The van der Waals surface area contributed by atoms with Crippen LogP contribution >= 0.6 is 0 Å². The number of carbonyl (C=O) groups excluding carboxylic acids is 1. The fourth-order valence-corrected chi connectivity index (χ4v) is 3.65. The molecule has 1 aromatic rings. The molecule has 3 N–H and O–H groups in total. The van der Waals surface area contributed by atoms with Gasteiger partial charge in [0.15, 0.2) is 0 Å². The van der Waals surface area contributed by atoms with Crippen LogP contribution in [0, 0.1) is 5.41 Å². The average Bonchev–Trinajstić information content (AvgIpc) is 3.04. The Balaban J connectivity index is 1.59. The lowest BCUT2D eigenvalue weighted by atomic mass is 9.79. The molecule has 1 atom stereocenters. The van der Waals surface area contributed by atoms with Crippen LogP contribution in [-0.4, -0.2) is 44.8 Å². The van der Waals surface area contributed by atoms with Gasteiger partial charge in [0.2, 0.25) is 5.91 Å². The number of nitrogens with zero attached hydrogens (tertiary/aromatic N) is 1. The van der Waals surface area contributed by atoms with Gasteiger partial charge in [-0.3, -0.25) is 4.79 Å². The molecule has 1 fully saturated rings. The topological polar surface area (TPSA) is 67.6 Å². The summed E-state index contributed by atoms with van der Waals surface area (Å²) in [7, 11) is 0. The van der Waals surface area contributed by atoms with Crippen molar-refractivity contribution >= 4 is 11.6 Å². The second-order valence-electron chi connectivity index (χ2n) is 6.73. The molecule has 0 aliphatic carbocycles. The Kier molecular flexibility index (Phi) is 4.87. The lowest BCUT2D eigenvalue weighted by molar-refractivity contribution is -0.135. The van der Waals surface area contributed by atoms with Crippen molar-refractivity contribution in [3.63, 3.8) is 0 Å². The van der Waals surface area contributed by atoms with Gasteiger partial charge in [0.25, 0.3) is 0 Å². The second-order valence-corrected chi connectivity index (χ2v) is 6.73. The summed E-state index contributed by atoms with van der Waals surface area (Å²) in [6.07, 6.45) is 2.52. The number of benzene rings is 1. The number of carbonyl (C=O) groups is 1. The maximum Gasteiger partial charge on any atom is 0.227 e. The molecule has 5 heteroatoms. The molecular weight excluding hydrogens is 290 g/mol. The summed E-state index contributed by atoms with van der Waals surface area (Å²) in [5, 5.41) is 3.14. The highest BCUT2D eigenvalue weighted by atomic mass is 16.5. The van der Waals surface area contributed by atoms with Crippen molar-refractivity contribution in [2.75, 3.05) is 37.7 Å². The van der Waals surface area contributed by atoms with Crippen LogP contribution in [-0.2, 0) is 16.0 Å². The number of anilines is 1. The van der Waals surface area contributed by atoms with Crippen molar-refractivity contribution in [3.8, 4) is 0 Å². The van der Waals surface area contributed by atoms with Crippen molar-refractivity contribution in [1.29, 1.82) is 0 Å². The Labute approximate surface area is 138 Å². The van der Waals surface area contributed by atoms with E-state index in [1.165, 1.54) is 11.3 Å². The minimum absolute atomic E-state index is 0.0858. The third-order valence-electron chi connectivity index (χ3n) is 5.34. The largest absolute Gasteiger partial charge is 0.381 e. The maximum atomic E-state index is 12.7. The fourth-order valence-electron chi connectivity index (χ4n) is 3.65. The summed E-state index contributed by atoms with van der Waals surface area (Å²) in [6.45, 7) is 5.48. The summed E-state index contributed by atoms with van der Waals surface area (Å²) in [5.74, 6) is 0.0858. The van der Waals surface area contributed by atoms with Gasteiger partial charge in [-0.05, 0) is 37.8 Å². The molecule has 3 rings (SSSR count). The fraction of sp³-hybridized carbons (Fsp3) is 0.611. The number of nitrogens with one attached hydrogen (secondary N) is 1. The highest BCUT2D eigenvalue weighted by Crippen LogP contribution is 2.31. The predicted octanol–water partition coefficient (Wildman–Crippen LogP) is 1.31. The summed E-state index contributed by atoms with van der Waals surface area (Å²) in [6, 6.07) is 8.79. The molecule has 0 aromatic heterocycles. The van der Waals surface area contributed by atoms with E-state index in [0.29, 0.717) is 26.3 Å². The number of hydrogen-bond acceptors (Lipinski definition) is 4. The van der Waals surface area contributed by atoms with Crippen LogP contribution in [0.15, 0.2) is 24.3 Å². The zero-order valence-electron chi connectivity index (χ0n) is 13.9. The minimum Gasteiger partial charge on any atom is -0.381 e. The summed E-state index contributed by atoms with van der Waals surface area (Å²) in [5.41, 5.74) is 8.16. The Bertz CT molecular complexity index is 555. The number of rotatable bonds is 5. The second kappa shape index (κ2) is 6.89. The van der Waals surface area contributed by atoms with Crippen LogP contribution in [0.1, 0.15) is 25.3 Å². The molecule has 0 spiro atoms. The van der Waals surface area contributed by atoms with Gasteiger partial charge in [-0.1, -0.05) is 18.2 Å². The molecule has 2 aliphatic heterocycles. The summed E-state index contributed by atoms with van der Waals surface area (Å²) >= 11 is 0. The van der Waals surface area contributed by atoms with E-state index < -0.39 is 5.41 Å².